The number of piperidine rings is 1. The molecule has 1 N–H and O–H groups in total. The number of likely N-dealkylation sites (tertiary alicyclic amines) is 1. The Labute approximate surface area is 147 Å². The maximum atomic E-state index is 12.4. The second-order valence-corrected chi connectivity index (χ2v) is 8.72. The molecule has 1 fully saturated rings. The van der Waals surface area contributed by atoms with Crippen LogP contribution in [0.2, 0.25) is 0 Å². The van der Waals surface area contributed by atoms with Crippen molar-refractivity contribution in [2.24, 2.45) is 5.92 Å². The summed E-state index contributed by atoms with van der Waals surface area (Å²) in [6.45, 7) is 1.12. The standard InChI is InChI=1S/C18H22N2O4S/c1-25(22,23)13-14-4-2-10-20(12-14)18(21)19-16-8-6-15(7-9-16)17-5-3-11-24-17/h3,5-9,11,14H,2,4,10,12-13H2,1H3,(H,19,21)/t14-/m1/s1. The van der Waals surface area contributed by atoms with Gasteiger partial charge in [-0.1, -0.05) is 0 Å². The lowest BCUT2D eigenvalue weighted by molar-refractivity contribution is 0.183. The summed E-state index contributed by atoms with van der Waals surface area (Å²) in [6, 6.07) is 10.9. The van der Waals surface area contributed by atoms with E-state index in [0.29, 0.717) is 18.8 Å². The van der Waals surface area contributed by atoms with Crippen molar-refractivity contribution in [2.75, 3.05) is 30.4 Å². The number of sulfone groups is 1. The van der Waals surface area contributed by atoms with Crippen LogP contribution in [0.1, 0.15) is 12.8 Å². The molecule has 0 aliphatic carbocycles. The molecule has 0 bridgehead atoms. The fourth-order valence-electron chi connectivity index (χ4n) is 3.18. The molecule has 2 aromatic rings. The number of furan rings is 1. The molecule has 0 saturated carbocycles. The van der Waals surface area contributed by atoms with Gasteiger partial charge >= 0.3 is 6.03 Å². The fourth-order valence-corrected chi connectivity index (χ4v) is 4.31. The minimum absolute atomic E-state index is 0.0100. The summed E-state index contributed by atoms with van der Waals surface area (Å²) >= 11 is 0. The number of rotatable bonds is 4. The maximum Gasteiger partial charge on any atom is 0.321 e. The number of hydrogen-bond donors (Lipinski definition) is 1. The zero-order valence-corrected chi connectivity index (χ0v) is 15.0. The van der Waals surface area contributed by atoms with E-state index in [1.54, 1.807) is 11.2 Å². The summed E-state index contributed by atoms with van der Waals surface area (Å²) in [5.41, 5.74) is 1.64. The number of anilines is 1. The number of nitrogens with one attached hydrogen (secondary N) is 1. The number of amides is 2. The normalized spacial score (nSPS) is 18.1. The van der Waals surface area contributed by atoms with E-state index >= 15 is 0 Å². The molecule has 25 heavy (non-hydrogen) atoms. The second-order valence-electron chi connectivity index (χ2n) is 6.53. The number of nitrogens with zero attached hydrogens (tertiary/aromatic N) is 1. The van der Waals surface area contributed by atoms with Gasteiger partial charge < -0.3 is 14.6 Å². The minimum atomic E-state index is -3.03. The zero-order chi connectivity index (χ0) is 17.9. The van der Waals surface area contributed by atoms with E-state index < -0.39 is 9.84 Å². The van der Waals surface area contributed by atoms with Crippen LogP contribution in [0.3, 0.4) is 0 Å². The monoisotopic (exact) mass is 362 g/mol. The minimum Gasteiger partial charge on any atom is -0.464 e. The molecule has 1 aliphatic heterocycles. The van der Waals surface area contributed by atoms with Crippen LogP contribution in [0, 0.1) is 5.92 Å². The Hall–Kier alpha value is -2.28. The van der Waals surface area contributed by atoms with Crippen LogP contribution in [-0.4, -0.2) is 44.4 Å². The second kappa shape index (κ2) is 7.31. The highest BCUT2D eigenvalue weighted by Gasteiger charge is 2.26. The number of urea groups is 1. The lowest BCUT2D eigenvalue weighted by atomic mass is 10.0. The van der Waals surface area contributed by atoms with E-state index in [2.05, 4.69) is 5.32 Å². The molecule has 1 aromatic carbocycles. The van der Waals surface area contributed by atoms with Gasteiger partial charge in [-0.15, -0.1) is 0 Å². The Morgan fingerprint density at radius 3 is 2.68 bits per heavy atom. The number of carbonyl (C=O) groups excluding carboxylic acids is 1. The summed E-state index contributed by atoms with van der Waals surface area (Å²) in [6.07, 6.45) is 4.53. The van der Waals surface area contributed by atoms with Gasteiger partial charge in [0.2, 0.25) is 0 Å². The highest BCUT2D eigenvalue weighted by Crippen LogP contribution is 2.23. The van der Waals surface area contributed by atoms with Gasteiger partial charge in [0.1, 0.15) is 15.6 Å². The molecule has 134 valence electrons. The third-order valence-corrected chi connectivity index (χ3v) is 5.36. The van der Waals surface area contributed by atoms with Gasteiger partial charge in [0.25, 0.3) is 0 Å². The summed E-state index contributed by atoms with van der Waals surface area (Å²) in [7, 11) is -3.03. The third kappa shape index (κ3) is 4.85. The molecule has 0 spiro atoms. The first kappa shape index (κ1) is 17.5. The predicted octanol–water partition coefficient (Wildman–Crippen LogP) is 3.24. The van der Waals surface area contributed by atoms with Crippen molar-refractivity contribution < 1.29 is 17.6 Å². The van der Waals surface area contributed by atoms with Gasteiger partial charge in [-0.2, -0.15) is 0 Å². The van der Waals surface area contributed by atoms with E-state index in [4.69, 9.17) is 4.42 Å². The van der Waals surface area contributed by atoms with E-state index in [1.165, 1.54) is 6.26 Å². The van der Waals surface area contributed by atoms with Gasteiger partial charge in [0, 0.05) is 30.6 Å². The Balaban J connectivity index is 1.60. The highest BCUT2D eigenvalue weighted by atomic mass is 32.2. The molecule has 7 heteroatoms. The molecule has 0 radical (unpaired) electrons. The van der Waals surface area contributed by atoms with Crippen molar-refractivity contribution in [1.82, 2.24) is 4.90 Å². The Morgan fingerprint density at radius 2 is 2.04 bits per heavy atom. The lowest BCUT2D eigenvalue weighted by Gasteiger charge is -2.32. The SMILES string of the molecule is CS(=O)(=O)C[C@@H]1CCCN(C(=O)Nc2ccc(-c3ccco3)cc2)C1. The van der Waals surface area contributed by atoms with Crippen LogP contribution < -0.4 is 5.32 Å². The van der Waals surface area contributed by atoms with Gasteiger partial charge in [0.05, 0.1) is 12.0 Å². The molecule has 0 unspecified atom stereocenters. The smallest absolute Gasteiger partial charge is 0.321 e. The average Bonchev–Trinajstić information content (AvgIpc) is 3.08. The van der Waals surface area contributed by atoms with Crippen molar-refractivity contribution in [1.29, 1.82) is 0 Å². The van der Waals surface area contributed by atoms with Crippen LogP contribution in [0.15, 0.2) is 47.1 Å². The van der Waals surface area contributed by atoms with E-state index in [1.807, 2.05) is 36.4 Å². The maximum absolute atomic E-state index is 12.4. The quantitative estimate of drug-likeness (QED) is 0.905. The molecule has 2 heterocycles. The fraction of sp³-hybridized carbons (Fsp3) is 0.389. The number of carbonyl (C=O) groups is 1. The Morgan fingerprint density at radius 1 is 1.28 bits per heavy atom. The van der Waals surface area contributed by atoms with E-state index in [9.17, 15) is 13.2 Å². The van der Waals surface area contributed by atoms with E-state index in [-0.39, 0.29) is 17.7 Å². The van der Waals surface area contributed by atoms with Crippen LogP contribution in [0.25, 0.3) is 11.3 Å². The van der Waals surface area contributed by atoms with Crippen molar-refractivity contribution in [3.8, 4) is 11.3 Å². The average molecular weight is 362 g/mol. The van der Waals surface area contributed by atoms with Crippen LogP contribution >= 0.6 is 0 Å². The first-order chi connectivity index (χ1) is 11.9. The summed E-state index contributed by atoms with van der Waals surface area (Å²) in [5.74, 6) is 0.919. The Kier molecular flexibility index (Phi) is 5.13. The molecule has 1 saturated heterocycles. The number of hydrogen-bond acceptors (Lipinski definition) is 4. The molecule has 3 rings (SSSR count). The Bertz CT molecular complexity index is 813. The summed E-state index contributed by atoms with van der Waals surface area (Å²) in [4.78, 5) is 14.1. The third-order valence-electron chi connectivity index (χ3n) is 4.29. The van der Waals surface area contributed by atoms with Crippen LogP contribution in [-0.2, 0) is 9.84 Å². The first-order valence-corrected chi connectivity index (χ1v) is 10.3. The highest BCUT2D eigenvalue weighted by molar-refractivity contribution is 7.90. The molecule has 6 nitrogen and oxygen atoms in total. The molecular formula is C18H22N2O4S. The van der Waals surface area contributed by atoms with Gasteiger partial charge in [-0.05, 0) is 55.2 Å². The summed E-state index contributed by atoms with van der Waals surface area (Å²) in [5, 5.41) is 2.87. The number of benzene rings is 1. The van der Waals surface area contributed by atoms with E-state index in [0.717, 1.165) is 24.2 Å². The molecule has 1 aliphatic rings. The topological polar surface area (TPSA) is 79.6 Å². The van der Waals surface area contributed by atoms with Gasteiger partial charge in [0.15, 0.2) is 0 Å². The van der Waals surface area contributed by atoms with Crippen LogP contribution in [0.5, 0.6) is 0 Å². The lowest BCUT2D eigenvalue weighted by Crippen LogP contribution is -2.43. The largest absolute Gasteiger partial charge is 0.464 e. The molecule has 2 amide bonds. The van der Waals surface area contributed by atoms with Gasteiger partial charge in [-0.3, -0.25) is 0 Å². The molecule has 1 aromatic heterocycles. The van der Waals surface area contributed by atoms with Crippen LogP contribution in [0.4, 0.5) is 10.5 Å². The molecule has 1 atom stereocenters. The van der Waals surface area contributed by atoms with Gasteiger partial charge in [-0.25, -0.2) is 13.2 Å². The van der Waals surface area contributed by atoms with Crippen molar-refractivity contribution in [3.05, 3.63) is 42.7 Å². The predicted molar refractivity (Wildman–Crippen MR) is 97.2 cm³/mol. The summed E-state index contributed by atoms with van der Waals surface area (Å²) < 4.78 is 28.3. The first-order valence-electron chi connectivity index (χ1n) is 8.28. The van der Waals surface area contributed by atoms with Crippen molar-refractivity contribution >= 4 is 21.6 Å². The van der Waals surface area contributed by atoms with Crippen molar-refractivity contribution in [3.63, 3.8) is 0 Å². The molecular weight excluding hydrogens is 340 g/mol. The van der Waals surface area contributed by atoms with Crippen molar-refractivity contribution in [2.45, 2.75) is 12.8 Å². The zero-order valence-electron chi connectivity index (χ0n) is 14.1.